The molecule has 0 spiro atoms. The molecule has 0 saturated heterocycles. The first-order valence-corrected chi connectivity index (χ1v) is 5.63. The minimum Gasteiger partial charge on any atom is -1.00 e. The Morgan fingerprint density at radius 2 is 1.39 bits per heavy atom. The standard InChI is InChI=1S/C15H13N2.ClH/c1-3-7-14(8-4-1)16-11-12-17(13-16)15-9-5-2-6-10-15;/h1-13H;1H/q+1;/p-1. The van der Waals surface area contributed by atoms with Crippen molar-refractivity contribution >= 4 is 0 Å². The van der Waals surface area contributed by atoms with E-state index in [9.17, 15) is 0 Å². The normalized spacial score (nSPS) is 9.78. The Morgan fingerprint density at radius 1 is 0.778 bits per heavy atom. The Hall–Kier alpha value is -2.06. The minimum absolute atomic E-state index is 0. The number of hydrogen-bond donors (Lipinski definition) is 0. The van der Waals surface area contributed by atoms with Gasteiger partial charge in [0, 0.05) is 0 Å². The number of imidazole rings is 1. The van der Waals surface area contributed by atoms with Gasteiger partial charge in [-0.05, 0) is 24.3 Å². The molecule has 0 aliphatic rings. The van der Waals surface area contributed by atoms with Crippen LogP contribution >= 0.6 is 0 Å². The Balaban J connectivity index is 0.00000120. The second kappa shape index (κ2) is 5.52. The third kappa shape index (κ3) is 2.44. The molecule has 0 bridgehead atoms. The fraction of sp³-hybridized carbons (Fsp3) is 0. The first-order chi connectivity index (χ1) is 8.43. The fourth-order valence-corrected chi connectivity index (χ4v) is 1.86. The molecule has 1 heterocycles. The van der Waals surface area contributed by atoms with Gasteiger partial charge in [0.25, 0.3) is 6.33 Å². The zero-order valence-electron chi connectivity index (χ0n) is 9.78. The molecule has 18 heavy (non-hydrogen) atoms. The van der Waals surface area contributed by atoms with Crippen LogP contribution in [0, 0.1) is 0 Å². The molecule has 0 aliphatic carbocycles. The molecule has 0 atom stereocenters. The molecule has 1 aromatic heterocycles. The highest BCUT2D eigenvalue weighted by atomic mass is 35.5. The topological polar surface area (TPSA) is 8.81 Å². The van der Waals surface area contributed by atoms with E-state index in [2.05, 4.69) is 52.1 Å². The van der Waals surface area contributed by atoms with E-state index < -0.39 is 0 Å². The predicted molar refractivity (Wildman–Crippen MR) is 67.3 cm³/mol. The van der Waals surface area contributed by atoms with Crippen LogP contribution in [0.25, 0.3) is 11.4 Å². The van der Waals surface area contributed by atoms with Gasteiger partial charge in [-0.2, -0.15) is 0 Å². The van der Waals surface area contributed by atoms with Gasteiger partial charge in [0.15, 0.2) is 0 Å². The smallest absolute Gasteiger partial charge is 0.254 e. The van der Waals surface area contributed by atoms with Crippen molar-refractivity contribution in [3.8, 4) is 11.4 Å². The first-order valence-electron chi connectivity index (χ1n) is 5.63. The highest BCUT2D eigenvalue weighted by Gasteiger charge is 2.06. The summed E-state index contributed by atoms with van der Waals surface area (Å²) >= 11 is 0. The van der Waals surface area contributed by atoms with Crippen molar-refractivity contribution in [2.45, 2.75) is 0 Å². The van der Waals surface area contributed by atoms with E-state index in [0.29, 0.717) is 0 Å². The van der Waals surface area contributed by atoms with Crippen molar-refractivity contribution in [1.82, 2.24) is 4.57 Å². The average molecular weight is 257 g/mol. The third-order valence-corrected chi connectivity index (χ3v) is 2.75. The van der Waals surface area contributed by atoms with E-state index in [4.69, 9.17) is 0 Å². The Kier molecular flexibility index (Phi) is 3.80. The van der Waals surface area contributed by atoms with Crippen molar-refractivity contribution in [3.63, 3.8) is 0 Å². The number of para-hydroxylation sites is 2. The molecule has 2 nitrogen and oxygen atoms in total. The largest absolute Gasteiger partial charge is 1.00 e. The van der Waals surface area contributed by atoms with E-state index >= 15 is 0 Å². The van der Waals surface area contributed by atoms with Crippen LogP contribution in [-0.4, -0.2) is 4.57 Å². The summed E-state index contributed by atoms with van der Waals surface area (Å²) in [6, 6.07) is 20.6. The number of benzene rings is 2. The lowest BCUT2D eigenvalue weighted by molar-refractivity contribution is -0.594. The van der Waals surface area contributed by atoms with E-state index in [1.807, 2.05) is 36.4 Å². The number of hydrogen-bond acceptors (Lipinski definition) is 0. The second-order valence-corrected chi connectivity index (χ2v) is 3.90. The number of rotatable bonds is 2. The Bertz CT molecular complexity index is 549. The fourth-order valence-electron chi connectivity index (χ4n) is 1.86. The zero-order chi connectivity index (χ0) is 11.5. The molecule has 3 aromatic rings. The van der Waals surface area contributed by atoms with E-state index in [0.717, 1.165) is 0 Å². The quantitative estimate of drug-likeness (QED) is 0.560. The van der Waals surface area contributed by atoms with Gasteiger partial charge < -0.3 is 12.4 Å². The van der Waals surface area contributed by atoms with Crippen molar-refractivity contribution < 1.29 is 17.0 Å². The third-order valence-electron chi connectivity index (χ3n) is 2.75. The van der Waals surface area contributed by atoms with E-state index in [1.54, 1.807) is 0 Å². The monoisotopic (exact) mass is 256 g/mol. The Morgan fingerprint density at radius 3 is 2.06 bits per heavy atom. The Labute approximate surface area is 113 Å². The molecular formula is C15H13ClN2. The first kappa shape index (κ1) is 12.4. The molecule has 2 aromatic carbocycles. The summed E-state index contributed by atoms with van der Waals surface area (Å²) in [5.74, 6) is 0. The van der Waals surface area contributed by atoms with Crippen molar-refractivity contribution in [2.24, 2.45) is 0 Å². The average Bonchev–Trinajstić information content (AvgIpc) is 2.90. The van der Waals surface area contributed by atoms with Crippen LogP contribution in [0.15, 0.2) is 79.4 Å². The molecule has 0 aliphatic heterocycles. The van der Waals surface area contributed by atoms with Gasteiger partial charge in [-0.3, -0.25) is 0 Å². The molecule has 3 rings (SSSR count). The van der Waals surface area contributed by atoms with Crippen LogP contribution in [0.2, 0.25) is 0 Å². The summed E-state index contributed by atoms with van der Waals surface area (Å²) < 4.78 is 4.21. The molecule has 3 heteroatoms. The summed E-state index contributed by atoms with van der Waals surface area (Å²) in [7, 11) is 0. The molecule has 0 unspecified atom stereocenters. The molecule has 0 N–H and O–H groups in total. The highest BCUT2D eigenvalue weighted by Crippen LogP contribution is 2.06. The summed E-state index contributed by atoms with van der Waals surface area (Å²) in [4.78, 5) is 0. The molecule has 0 fully saturated rings. The molecule has 0 amide bonds. The number of aromatic nitrogens is 2. The van der Waals surface area contributed by atoms with E-state index in [1.165, 1.54) is 11.4 Å². The van der Waals surface area contributed by atoms with Crippen LogP contribution in [0.1, 0.15) is 0 Å². The predicted octanol–water partition coefficient (Wildman–Crippen LogP) is -0.242. The summed E-state index contributed by atoms with van der Waals surface area (Å²) in [6.45, 7) is 0. The lowest BCUT2D eigenvalue weighted by Gasteiger charge is -1.94. The van der Waals surface area contributed by atoms with Crippen LogP contribution in [0.5, 0.6) is 0 Å². The molecule has 90 valence electrons. The maximum atomic E-state index is 2.10. The van der Waals surface area contributed by atoms with Gasteiger partial charge >= 0.3 is 0 Å². The number of halogens is 1. The van der Waals surface area contributed by atoms with Crippen LogP contribution < -0.4 is 17.0 Å². The highest BCUT2D eigenvalue weighted by molar-refractivity contribution is 5.30. The summed E-state index contributed by atoms with van der Waals surface area (Å²) in [5, 5.41) is 0. The summed E-state index contributed by atoms with van der Waals surface area (Å²) in [5.41, 5.74) is 2.34. The van der Waals surface area contributed by atoms with Crippen molar-refractivity contribution in [1.29, 1.82) is 0 Å². The summed E-state index contributed by atoms with van der Waals surface area (Å²) in [6.07, 6.45) is 6.19. The van der Waals surface area contributed by atoms with Crippen molar-refractivity contribution in [2.75, 3.05) is 0 Å². The molecular weight excluding hydrogens is 244 g/mol. The SMILES string of the molecule is [Cl-].c1ccc(-n2cc[n+](-c3ccccc3)c2)cc1. The van der Waals surface area contributed by atoms with Crippen LogP contribution in [0.3, 0.4) is 0 Å². The van der Waals surface area contributed by atoms with Crippen molar-refractivity contribution in [3.05, 3.63) is 79.4 Å². The van der Waals surface area contributed by atoms with Gasteiger partial charge in [-0.15, -0.1) is 0 Å². The van der Waals surface area contributed by atoms with Gasteiger partial charge in [-0.25, -0.2) is 9.13 Å². The molecule has 0 radical (unpaired) electrons. The van der Waals surface area contributed by atoms with Gasteiger partial charge in [-0.1, -0.05) is 36.4 Å². The zero-order valence-corrected chi connectivity index (χ0v) is 10.5. The lowest BCUT2D eigenvalue weighted by atomic mass is 10.3. The van der Waals surface area contributed by atoms with Gasteiger partial charge in [0.2, 0.25) is 0 Å². The van der Waals surface area contributed by atoms with E-state index in [-0.39, 0.29) is 12.4 Å². The maximum Gasteiger partial charge on any atom is 0.254 e. The van der Waals surface area contributed by atoms with Gasteiger partial charge in [0.1, 0.15) is 23.8 Å². The second-order valence-electron chi connectivity index (χ2n) is 3.90. The van der Waals surface area contributed by atoms with Crippen LogP contribution in [-0.2, 0) is 0 Å². The minimum atomic E-state index is 0. The molecule has 0 saturated carbocycles. The van der Waals surface area contributed by atoms with Crippen LogP contribution in [0.4, 0.5) is 0 Å². The number of nitrogens with zero attached hydrogens (tertiary/aromatic N) is 2. The maximum absolute atomic E-state index is 2.10. The van der Waals surface area contributed by atoms with Gasteiger partial charge in [0.05, 0.1) is 0 Å². The lowest BCUT2D eigenvalue weighted by Crippen LogP contribution is -3.00.